The van der Waals surface area contributed by atoms with Crippen LogP contribution in [0.25, 0.3) is 0 Å². The molecule has 1 fully saturated rings. The number of likely N-dealkylation sites (tertiary alicyclic amines) is 1. The predicted octanol–water partition coefficient (Wildman–Crippen LogP) is 3.99. The number of anilines is 1. The first-order valence-electron chi connectivity index (χ1n) is 11.4. The van der Waals surface area contributed by atoms with Gasteiger partial charge in [-0.15, -0.1) is 0 Å². The number of nitrogens with one attached hydrogen (secondary N) is 2. The molecule has 8 heteroatoms. The number of carbonyl (C=O) groups excluding carboxylic acids is 2. The molecule has 1 unspecified atom stereocenters. The molecule has 0 bridgehead atoms. The van der Waals surface area contributed by atoms with Gasteiger partial charge < -0.3 is 10.2 Å². The molecule has 0 aromatic heterocycles. The smallest absolute Gasteiger partial charge is 0.261 e. The van der Waals surface area contributed by atoms with Crippen LogP contribution in [-0.4, -0.2) is 44.3 Å². The molecule has 0 saturated carbocycles. The fraction of sp³-hybridized carbons (Fsp3) is 0.440. The average Bonchev–Trinajstić information content (AvgIpc) is 3.27. The molecule has 1 aliphatic rings. The summed E-state index contributed by atoms with van der Waals surface area (Å²) < 4.78 is 28.2. The molecule has 1 aliphatic heterocycles. The van der Waals surface area contributed by atoms with Crippen molar-refractivity contribution in [2.24, 2.45) is 5.92 Å². The average molecular weight is 472 g/mol. The number of rotatable bonds is 8. The molecule has 7 nitrogen and oxygen atoms in total. The second-order valence-corrected chi connectivity index (χ2v) is 10.9. The van der Waals surface area contributed by atoms with Gasteiger partial charge in [-0.1, -0.05) is 45.9 Å². The molecule has 3 rings (SSSR count). The maximum absolute atomic E-state index is 13.2. The summed E-state index contributed by atoms with van der Waals surface area (Å²) in [6.07, 6.45) is 1.37. The minimum absolute atomic E-state index is 0.142. The lowest BCUT2D eigenvalue weighted by molar-refractivity contribution is -0.125. The molecule has 1 saturated heterocycles. The minimum atomic E-state index is -3.80. The van der Waals surface area contributed by atoms with Crippen LogP contribution in [-0.2, 0) is 14.8 Å². The Morgan fingerprint density at radius 2 is 1.76 bits per heavy atom. The Morgan fingerprint density at radius 1 is 1.06 bits per heavy atom. The van der Waals surface area contributed by atoms with Gasteiger partial charge in [0.25, 0.3) is 15.9 Å². The number of sulfonamides is 1. The van der Waals surface area contributed by atoms with Crippen molar-refractivity contribution < 1.29 is 18.0 Å². The van der Waals surface area contributed by atoms with E-state index in [1.807, 2.05) is 27.7 Å². The van der Waals surface area contributed by atoms with Crippen LogP contribution in [0.15, 0.2) is 53.4 Å². The van der Waals surface area contributed by atoms with Gasteiger partial charge in [0.2, 0.25) is 5.91 Å². The van der Waals surface area contributed by atoms with Gasteiger partial charge in [0, 0.05) is 24.3 Å². The highest BCUT2D eigenvalue weighted by atomic mass is 32.2. The molecule has 0 spiro atoms. The van der Waals surface area contributed by atoms with Crippen molar-refractivity contribution in [3.05, 3.63) is 59.7 Å². The number of amides is 2. The lowest BCUT2D eigenvalue weighted by atomic mass is 10.0. The fourth-order valence-corrected chi connectivity index (χ4v) is 4.88. The van der Waals surface area contributed by atoms with E-state index >= 15 is 0 Å². The zero-order chi connectivity index (χ0) is 24.2. The summed E-state index contributed by atoms with van der Waals surface area (Å²) >= 11 is 0. The molecule has 2 aromatic rings. The predicted molar refractivity (Wildman–Crippen MR) is 130 cm³/mol. The Labute approximate surface area is 196 Å². The highest BCUT2D eigenvalue weighted by Crippen LogP contribution is 2.24. The van der Waals surface area contributed by atoms with E-state index in [2.05, 4.69) is 10.0 Å². The van der Waals surface area contributed by atoms with Gasteiger partial charge in [0.15, 0.2) is 0 Å². The number of carbonyl (C=O) groups is 2. The van der Waals surface area contributed by atoms with E-state index in [0.717, 1.165) is 12.0 Å². The Balaban J connectivity index is 1.74. The molecule has 1 heterocycles. The van der Waals surface area contributed by atoms with E-state index in [1.165, 1.54) is 6.07 Å². The molecule has 2 amide bonds. The van der Waals surface area contributed by atoms with Gasteiger partial charge in [-0.05, 0) is 60.6 Å². The van der Waals surface area contributed by atoms with Crippen LogP contribution >= 0.6 is 0 Å². The maximum atomic E-state index is 13.2. The summed E-state index contributed by atoms with van der Waals surface area (Å²) in [7, 11) is -3.80. The lowest BCUT2D eigenvalue weighted by Crippen LogP contribution is -2.46. The molecule has 0 radical (unpaired) electrons. The standard InChI is InChI=1S/C25H33N3O4S/c1-17(2)16-26-24(29)23-9-6-14-28(23)25(30)20-7-5-8-21(15-20)27-33(31,32)22-12-10-19(11-13-22)18(3)4/h5,7-8,10-13,15,17-18,23,27H,6,9,14,16H2,1-4H3,(H,26,29). The van der Waals surface area contributed by atoms with E-state index < -0.39 is 16.1 Å². The van der Waals surface area contributed by atoms with Gasteiger partial charge in [-0.3, -0.25) is 14.3 Å². The summed E-state index contributed by atoms with van der Waals surface area (Å²) in [5, 5.41) is 2.91. The summed E-state index contributed by atoms with van der Waals surface area (Å²) in [4.78, 5) is 27.5. The van der Waals surface area contributed by atoms with Crippen LogP contribution < -0.4 is 10.0 Å². The van der Waals surface area contributed by atoms with Crippen LogP contribution in [0.1, 0.15) is 62.4 Å². The summed E-state index contributed by atoms with van der Waals surface area (Å²) in [6.45, 7) is 9.18. The highest BCUT2D eigenvalue weighted by molar-refractivity contribution is 7.92. The number of hydrogen-bond donors (Lipinski definition) is 2. The number of hydrogen-bond acceptors (Lipinski definition) is 4. The van der Waals surface area contributed by atoms with Crippen molar-refractivity contribution in [2.75, 3.05) is 17.8 Å². The normalized spacial score (nSPS) is 16.3. The fourth-order valence-electron chi connectivity index (χ4n) is 3.83. The van der Waals surface area contributed by atoms with Gasteiger partial charge in [-0.25, -0.2) is 8.42 Å². The molecular formula is C25H33N3O4S. The van der Waals surface area contributed by atoms with Gasteiger partial charge in [-0.2, -0.15) is 0 Å². The first-order valence-corrected chi connectivity index (χ1v) is 12.9. The zero-order valence-electron chi connectivity index (χ0n) is 19.7. The topological polar surface area (TPSA) is 95.6 Å². The van der Waals surface area contributed by atoms with Gasteiger partial charge >= 0.3 is 0 Å². The monoisotopic (exact) mass is 471 g/mol. The number of benzene rings is 2. The van der Waals surface area contributed by atoms with Crippen LogP contribution in [0.2, 0.25) is 0 Å². The van der Waals surface area contributed by atoms with E-state index in [-0.39, 0.29) is 16.7 Å². The first kappa shape index (κ1) is 24.8. The summed E-state index contributed by atoms with van der Waals surface area (Å²) in [5.41, 5.74) is 1.70. The summed E-state index contributed by atoms with van der Waals surface area (Å²) in [6, 6.07) is 12.7. The third kappa shape index (κ3) is 6.13. The van der Waals surface area contributed by atoms with Crippen molar-refractivity contribution in [2.45, 2.75) is 57.4 Å². The van der Waals surface area contributed by atoms with E-state index in [1.54, 1.807) is 47.4 Å². The Hall–Kier alpha value is -2.87. The van der Waals surface area contributed by atoms with Gasteiger partial charge in [0.1, 0.15) is 6.04 Å². The molecule has 1 atom stereocenters. The highest BCUT2D eigenvalue weighted by Gasteiger charge is 2.34. The minimum Gasteiger partial charge on any atom is -0.354 e. The second-order valence-electron chi connectivity index (χ2n) is 9.21. The third-order valence-electron chi connectivity index (χ3n) is 5.72. The van der Waals surface area contributed by atoms with Crippen LogP contribution in [0, 0.1) is 5.92 Å². The van der Waals surface area contributed by atoms with E-state index in [0.29, 0.717) is 42.6 Å². The molecular weight excluding hydrogens is 438 g/mol. The van der Waals surface area contributed by atoms with Gasteiger partial charge in [0.05, 0.1) is 4.90 Å². The van der Waals surface area contributed by atoms with Crippen LogP contribution in [0.5, 0.6) is 0 Å². The zero-order valence-corrected chi connectivity index (χ0v) is 20.5. The lowest BCUT2D eigenvalue weighted by Gasteiger charge is -2.24. The largest absolute Gasteiger partial charge is 0.354 e. The van der Waals surface area contributed by atoms with Crippen LogP contribution in [0.4, 0.5) is 5.69 Å². The Kier molecular flexibility index (Phi) is 7.79. The van der Waals surface area contributed by atoms with Crippen molar-refractivity contribution in [1.29, 1.82) is 0 Å². The van der Waals surface area contributed by atoms with Crippen molar-refractivity contribution in [3.63, 3.8) is 0 Å². The third-order valence-corrected chi connectivity index (χ3v) is 7.12. The van der Waals surface area contributed by atoms with Crippen molar-refractivity contribution in [1.82, 2.24) is 10.2 Å². The maximum Gasteiger partial charge on any atom is 0.261 e. The van der Waals surface area contributed by atoms with E-state index in [4.69, 9.17) is 0 Å². The Morgan fingerprint density at radius 3 is 2.39 bits per heavy atom. The van der Waals surface area contributed by atoms with E-state index in [9.17, 15) is 18.0 Å². The SMILES string of the molecule is CC(C)CNC(=O)C1CCCN1C(=O)c1cccc(NS(=O)(=O)c2ccc(C(C)C)cc2)c1. The van der Waals surface area contributed by atoms with Crippen LogP contribution in [0.3, 0.4) is 0 Å². The molecule has 2 N–H and O–H groups in total. The second kappa shape index (κ2) is 10.4. The summed E-state index contributed by atoms with van der Waals surface area (Å²) in [5.74, 6) is 0.209. The van der Waals surface area contributed by atoms with Crippen molar-refractivity contribution in [3.8, 4) is 0 Å². The molecule has 0 aliphatic carbocycles. The quantitative estimate of drug-likeness (QED) is 0.609. The first-order chi connectivity index (χ1) is 15.6. The molecule has 178 valence electrons. The molecule has 2 aromatic carbocycles. The van der Waals surface area contributed by atoms with Crippen molar-refractivity contribution >= 4 is 27.5 Å². The molecule has 33 heavy (non-hydrogen) atoms. The number of nitrogens with zero attached hydrogens (tertiary/aromatic N) is 1. The Bertz CT molecular complexity index is 1090.